The van der Waals surface area contributed by atoms with Gasteiger partial charge in [-0.2, -0.15) is 0 Å². The first-order valence-corrected chi connectivity index (χ1v) is 12.2. The van der Waals surface area contributed by atoms with E-state index < -0.39 is 0 Å². The van der Waals surface area contributed by atoms with Gasteiger partial charge in [-0.25, -0.2) is 0 Å². The van der Waals surface area contributed by atoms with Gasteiger partial charge in [-0.3, -0.25) is 4.79 Å². The second-order valence-electron chi connectivity index (χ2n) is 9.80. The Morgan fingerprint density at radius 1 is 1.13 bits per heavy atom. The van der Waals surface area contributed by atoms with Crippen molar-refractivity contribution in [3.8, 4) is 23.0 Å². The van der Waals surface area contributed by atoms with E-state index in [4.69, 9.17) is 13.9 Å². The van der Waals surface area contributed by atoms with Gasteiger partial charge in [-0.05, 0) is 86.8 Å². The summed E-state index contributed by atoms with van der Waals surface area (Å²) in [4.78, 5) is 12.7. The highest BCUT2D eigenvalue weighted by Gasteiger charge is 2.53. The van der Waals surface area contributed by atoms with Gasteiger partial charge in [-0.1, -0.05) is 11.8 Å². The molecule has 7 nitrogen and oxygen atoms in total. The molecule has 5 aliphatic rings. The van der Waals surface area contributed by atoms with Crippen molar-refractivity contribution in [2.75, 3.05) is 12.5 Å². The predicted octanol–water partition coefficient (Wildman–Crippen LogP) is 4.28. The molecule has 1 atom stereocenters. The molecule has 2 heterocycles. The van der Waals surface area contributed by atoms with Gasteiger partial charge in [0, 0.05) is 11.6 Å². The highest BCUT2D eigenvalue weighted by molar-refractivity contribution is 7.99. The Balaban J connectivity index is 1.06. The van der Waals surface area contributed by atoms with Crippen LogP contribution < -0.4 is 14.8 Å². The summed E-state index contributed by atoms with van der Waals surface area (Å²) >= 11 is 1.28. The molecule has 1 aromatic carbocycles. The van der Waals surface area contributed by atoms with Crippen molar-refractivity contribution in [3.05, 3.63) is 18.2 Å². The maximum Gasteiger partial charge on any atom is 0.277 e. The van der Waals surface area contributed by atoms with Crippen molar-refractivity contribution in [1.82, 2.24) is 15.5 Å². The monoisotopic (exact) mass is 441 g/mol. The van der Waals surface area contributed by atoms with Crippen molar-refractivity contribution < 1.29 is 18.7 Å². The summed E-state index contributed by atoms with van der Waals surface area (Å²) < 4.78 is 16.5. The number of carbonyl (C=O) groups is 1. The first-order valence-electron chi connectivity index (χ1n) is 11.2. The molecular formula is C23H27N3O4S. The lowest BCUT2D eigenvalue weighted by molar-refractivity contribution is -0.123. The molecule has 4 aliphatic carbocycles. The number of thioether (sulfide) groups is 1. The Bertz CT molecular complexity index is 971. The van der Waals surface area contributed by atoms with Crippen LogP contribution >= 0.6 is 11.8 Å². The molecule has 2 aromatic rings. The van der Waals surface area contributed by atoms with E-state index in [1.54, 1.807) is 0 Å². The summed E-state index contributed by atoms with van der Waals surface area (Å²) in [5.41, 5.74) is 1.08. The van der Waals surface area contributed by atoms with Crippen molar-refractivity contribution >= 4 is 17.7 Å². The van der Waals surface area contributed by atoms with Crippen LogP contribution in [0.5, 0.6) is 11.5 Å². The number of ether oxygens (including phenoxy) is 2. The first kappa shape index (κ1) is 19.5. The molecule has 164 valence electrons. The minimum absolute atomic E-state index is 0.0380. The molecule has 31 heavy (non-hydrogen) atoms. The van der Waals surface area contributed by atoms with Crippen LogP contribution in [0.3, 0.4) is 0 Å². The number of carbonyl (C=O) groups excluding carboxylic acids is 1. The summed E-state index contributed by atoms with van der Waals surface area (Å²) in [6.07, 6.45) is 8.11. The van der Waals surface area contributed by atoms with Crippen LogP contribution in [-0.4, -0.2) is 34.7 Å². The van der Waals surface area contributed by atoms with E-state index in [0.717, 1.165) is 23.3 Å². The molecule has 0 radical (unpaired) electrons. The van der Waals surface area contributed by atoms with Crippen LogP contribution in [0.4, 0.5) is 0 Å². The number of benzene rings is 1. The Hall–Kier alpha value is -2.22. The SMILES string of the molecule is CC(NC(=O)CSc1nnc(-c2ccc3c(c2)OCO3)o1)C12CC3CC(CC(C3)C1)C2. The average Bonchev–Trinajstić information content (AvgIpc) is 3.40. The molecule has 1 N–H and O–H groups in total. The van der Waals surface area contributed by atoms with E-state index in [1.807, 2.05) is 18.2 Å². The zero-order valence-corrected chi connectivity index (χ0v) is 18.5. The van der Waals surface area contributed by atoms with E-state index in [-0.39, 0.29) is 24.5 Å². The van der Waals surface area contributed by atoms with Crippen LogP contribution in [0.25, 0.3) is 11.5 Å². The van der Waals surface area contributed by atoms with Crippen LogP contribution in [-0.2, 0) is 4.79 Å². The summed E-state index contributed by atoms with van der Waals surface area (Å²) in [6.45, 7) is 2.43. The van der Waals surface area contributed by atoms with Crippen LogP contribution in [0.1, 0.15) is 45.4 Å². The van der Waals surface area contributed by atoms with Gasteiger partial charge < -0.3 is 19.2 Å². The third kappa shape index (κ3) is 3.58. The van der Waals surface area contributed by atoms with Crippen LogP contribution in [0, 0.1) is 23.2 Å². The predicted molar refractivity (Wildman–Crippen MR) is 115 cm³/mol. The third-order valence-corrected chi connectivity index (χ3v) is 8.55. The molecule has 4 saturated carbocycles. The Morgan fingerprint density at radius 3 is 2.58 bits per heavy atom. The van der Waals surface area contributed by atoms with Crippen LogP contribution in [0.15, 0.2) is 27.8 Å². The maximum atomic E-state index is 12.7. The smallest absolute Gasteiger partial charge is 0.277 e. The van der Waals surface area contributed by atoms with Crippen molar-refractivity contribution in [3.63, 3.8) is 0 Å². The highest BCUT2D eigenvalue weighted by atomic mass is 32.2. The van der Waals surface area contributed by atoms with E-state index in [2.05, 4.69) is 22.4 Å². The molecule has 0 spiro atoms. The van der Waals surface area contributed by atoms with Gasteiger partial charge >= 0.3 is 0 Å². The van der Waals surface area contributed by atoms with Gasteiger partial charge in [-0.15, -0.1) is 10.2 Å². The zero-order chi connectivity index (χ0) is 21.0. The summed E-state index contributed by atoms with van der Waals surface area (Å²) in [5.74, 6) is 4.75. The zero-order valence-electron chi connectivity index (χ0n) is 17.6. The van der Waals surface area contributed by atoms with Gasteiger partial charge in [0.15, 0.2) is 11.5 Å². The van der Waals surface area contributed by atoms with E-state index in [9.17, 15) is 4.79 Å². The average molecular weight is 442 g/mol. The molecule has 7 rings (SSSR count). The van der Waals surface area contributed by atoms with E-state index >= 15 is 0 Å². The molecule has 1 aliphatic heterocycles. The Labute approximate surface area is 185 Å². The fourth-order valence-electron chi connectivity index (χ4n) is 6.69. The van der Waals surface area contributed by atoms with Crippen molar-refractivity contribution in [2.45, 2.75) is 56.7 Å². The second kappa shape index (κ2) is 7.43. The molecule has 0 saturated heterocycles. The second-order valence-corrected chi connectivity index (χ2v) is 10.7. The number of nitrogens with one attached hydrogen (secondary N) is 1. The summed E-state index contributed by atoms with van der Waals surface area (Å²) in [7, 11) is 0. The van der Waals surface area contributed by atoms with Gasteiger partial charge in [0.2, 0.25) is 18.6 Å². The molecule has 4 bridgehead atoms. The fourth-order valence-corrected chi connectivity index (χ4v) is 7.26. The number of amides is 1. The minimum Gasteiger partial charge on any atom is -0.454 e. The summed E-state index contributed by atoms with van der Waals surface area (Å²) in [5, 5.41) is 11.9. The number of rotatable bonds is 6. The van der Waals surface area contributed by atoms with Gasteiger partial charge in [0.05, 0.1) is 5.75 Å². The minimum atomic E-state index is 0.0380. The lowest BCUT2D eigenvalue weighted by Crippen LogP contribution is -2.56. The van der Waals surface area contributed by atoms with E-state index in [1.165, 1.54) is 50.3 Å². The largest absolute Gasteiger partial charge is 0.454 e. The third-order valence-electron chi connectivity index (χ3n) is 7.73. The molecule has 4 fully saturated rings. The number of aromatic nitrogens is 2. The van der Waals surface area contributed by atoms with Crippen molar-refractivity contribution in [2.24, 2.45) is 23.2 Å². The quantitative estimate of drug-likeness (QED) is 0.670. The molecule has 1 unspecified atom stereocenters. The number of nitrogens with zero attached hydrogens (tertiary/aromatic N) is 2. The first-order chi connectivity index (χ1) is 15.1. The number of fused-ring (bicyclic) bond motifs is 1. The normalized spacial score (nSPS) is 31.1. The van der Waals surface area contributed by atoms with Crippen molar-refractivity contribution in [1.29, 1.82) is 0 Å². The van der Waals surface area contributed by atoms with Crippen LogP contribution in [0.2, 0.25) is 0 Å². The molecular weight excluding hydrogens is 414 g/mol. The maximum absolute atomic E-state index is 12.7. The van der Waals surface area contributed by atoms with E-state index in [0.29, 0.717) is 28.0 Å². The Morgan fingerprint density at radius 2 is 1.84 bits per heavy atom. The lowest BCUT2D eigenvalue weighted by atomic mass is 9.48. The molecule has 8 heteroatoms. The van der Waals surface area contributed by atoms with Gasteiger partial charge in [0.25, 0.3) is 5.22 Å². The Kier molecular flexibility index (Phi) is 4.67. The summed E-state index contributed by atoms with van der Waals surface area (Å²) in [6, 6.07) is 5.73. The highest BCUT2D eigenvalue weighted by Crippen LogP contribution is 2.61. The topological polar surface area (TPSA) is 86.5 Å². The van der Waals surface area contributed by atoms with Gasteiger partial charge in [0.1, 0.15) is 0 Å². The molecule has 1 amide bonds. The number of hydrogen-bond acceptors (Lipinski definition) is 7. The lowest BCUT2D eigenvalue weighted by Gasteiger charge is -2.59. The fraction of sp³-hybridized carbons (Fsp3) is 0.609. The molecule has 1 aromatic heterocycles. The standard InChI is InChI=1S/C23H27N3O4S/c1-13(23-8-14-4-15(9-23)6-16(5-14)10-23)24-20(27)11-31-22-26-25-21(30-22)17-2-3-18-19(7-17)29-12-28-18/h2-3,7,13-16H,4-6,8-12H2,1H3,(H,24,27). The number of hydrogen-bond donors (Lipinski definition) is 1.